The first-order valence-corrected chi connectivity index (χ1v) is 5.29. The molecule has 0 bridgehead atoms. The molecule has 2 rings (SSSR count). The Morgan fingerprint density at radius 2 is 1.69 bits per heavy atom. The average Bonchev–Trinajstić information content (AvgIpc) is 2.31. The summed E-state index contributed by atoms with van der Waals surface area (Å²) in [5.41, 5.74) is 2.08. The minimum Gasteiger partial charge on any atom is -0.507 e. The molecule has 0 aliphatic rings. The third kappa shape index (κ3) is 1.82. The summed E-state index contributed by atoms with van der Waals surface area (Å²) in [5.74, 6) is 0.124. The van der Waals surface area contributed by atoms with Gasteiger partial charge in [0.05, 0.1) is 0 Å². The molecule has 0 fully saturated rings. The van der Waals surface area contributed by atoms with Gasteiger partial charge in [0.2, 0.25) is 0 Å². The fraction of sp³-hybridized carbons (Fsp3) is 0. The largest absolute Gasteiger partial charge is 0.507 e. The van der Waals surface area contributed by atoms with Crippen LogP contribution in [0.5, 0.6) is 5.75 Å². The molecule has 2 aromatic carbocycles. The number of aromatic hydroxyl groups is 1. The zero-order valence-corrected chi connectivity index (χ0v) is 9.41. The maximum atomic E-state index is 9.98. The van der Waals surface area contributed by atoms with Crippen LogP contribution in [0.3, 0.4) is 0 Å². The lowest BCUT2D eigenvalue weighted by Crippen LogP contribution is -1.86. The summed E-state index contributed by atoms with van der Waals surface area (Å²) in [6, 6.07) is 12.9. The van der Waals surface area contributed by atoms with Crippen molar-refractivity contribution in [3.63, 3.8) is 0 Å². The van der Waals surface area contributed by atoms with Gasteiger partial charge < -0.3 is 10.5 Å². The van der Waals surface area contributed by atoms with Gasteiger partial charge in [-0.25, -0.2) is 0 Å². The van der Waals surface area contributed by atoms with Gasteiger partial charge in [-0.05, 0) is 17.7 Å². The quantitative estimate of drug-likeness (QED) is 0.536. The maximum absolute atomic E-state index is 9.98. The Balaban J connectivity index is 2.65. The van der Waals surface area contributed by atoms with E-state index in [1.807, 2.05) is 36.4 Å². The van der Waals surface area contributed by atoms with E-state index in [4.69, 9.17) is 5.41 Å². The van der Waals surface area contributed by atoms with E-state index in [0.717, 1.165) is 16.7 Å². The monoisotopic (exact) mass is 229 g/mol. The van der Waals surface area contributed by atoms with Gasteiger partial charge in [0.25, 0.3) is 0 Å². The van der Waals surface area contributed by atoms with Gasteiger partial charge in [-0.3, -0.25) is 0 Å². The van der Waals surface area contributed by atoms with Crippen molar-refractivity contribution in [3.8, 4) is 16.9 Å². The molecule has 0 aliphatic heterocycles. The van der Waals surface area contributed by atoms with Crippen molar-refractivity contribution >= 4 is 18.8 Å². The van der Waals surface area contributed by atoms with Crippen molar-refractivity contribution in [1.29, 1.82) is 5.41 Å². The maximum Gasteiger partial charge on any atom is 0.132 e. The Kier molecular flexibility index (Phi) is 2.97. The van der Waals surface area contributed by atoms with Gasteiger partial charge in [0.15, 0.2) is 0 Å². The van der Waals surface area contributed by atoms with Crippen LogP contribution in [-0.2, 0) is 0 Å². The van der Waals surface area contributed by atoms with Crippen LogP contribution in [0, 0.1) is 5.41 Å². The molecule has 0 atom stereocenters. The van der Waals surface area contributed by atoms with Crippen LogP contribution in [0.15, 0.2) is 47.4 Å². The number of nitrogens with one attached hydrogen (secondary N) is 1. The molecule has 0 amide bonds. The summed E-state index contributed by atoms with van der Waals surface area (Å²) in [7, 11) is 0. The molecule has 2 N–H and O–H groups in total. The molecule has 0 unspecified atom stereocenters. The lowest BCUT2D eigenvalue weighted by Gasteiger charge is -2.08. The number of para-hydroxylation sites is 1. The van der Waals surface area contributed by atoms with Crippen molar-refractivity contribution in [2.24, 2.45) is 0 Å². The first-order valence-electron chi connectivity index (χ1n) is 4.85. The van der Waals surface area contributed by atoms with E-state index >= 15 is 0 Å². The van der Waals surface area contributed by atoms with Crippen molar-refractivity contribution < 1.29 is 5.11 Å². The first-order chi connectivity index (χ1) is 7.74. The van der Waals surface area contributed by atoms with E-state index in [1.165, 1.54) is 0 Å². The molecule has 0 aliphatic carbocycles. The smallest absolute Gasteiger partial charge is 0.132 e. The SMILES string of the molecule is N=Cc1cccc(-c2ccccc2S)c1O. The summed E-state index contributed by atoms with van der Waals surface area (Å²) in [6.07, 6.45) is 1.14. The van der Waals surface area contributed by atoms with Crippen LogP contribution in [0.4, 0.5) is 0 Å². The van der Waals surface area contributed by atoms with E-state index in [2.05, 4.69) is 12.6 Å². The van der Waals surface area contributed by atoms with Crippen LogP contribution < -0.4 is 0 Å². The van der Waals surface area contributed by atoms with E-state index in [-0.39, 0.29) is 5.75 Å². The molecular formula is C13H11NOS. The molecule has 80 valence electrons. The van der Waals surface area contributed by atoms with E-state index in [1.54, 1.807) is 6.07 Å². The van der Waals surface area contributed by atoms with E-state index in [9.17, 15) is 5.11 Å². The number of phenolic OH excluding ortho intramolecular Hbond substituents is 1. The van der Waals surface area contributed by atoms with Crippen LogP contribution in [0.25, 0.3) is 11.1 Å². The van der Waals surface area contributed by atoms with Crippen molar-refractivity contribution in [3.05, 3.63) is 48.0 Å². The number of benzene rings is 2. The van der Waals surface area contributed by atoms with Crippen LogP contribution in [-0.4, -0.2) is 11.3 Å². The molecular weight excluding hydrogens is 218 g/mol. The highest BCUT2D eigenvalue weighted by atomic mass is 32.1. The normalized spacial score (nSPS) is 10.1. The average molecular weight is 229 g/mol. The molecule has 0 radical (unpaired) electrons. The van der Waals surface area contributed by atoms with Gasteiger partial charge in [0.1, 0.15) is 5.75 Å². The third-order valence-electron chi connectivity index (χ3n) is 2.42. The summed E-state index contributed by atoms with van der Waals surface area (Å²) < 4.78 is 0. The summed E-state index contributed by atoms with van der Waals surface area (Å²) >= 11 is 4.35. The number of rotatable bonds is 2. The number of thiol groups is 1. The Labute approximate surface area is 99.5 Å². The molecule has 0 saturated heterocycles. The second kappa shape index (κ2) is 4.41. The Bertz CT molecular complexity index is 537. The number of phenols is 1. The summed E-state index contributed by atoms with van der Waals surface area (Å²) in [5, 5.41) is 17.2. The summed E-state index contributed by atoms with van der Waals surface area (Å²) in [4.78, 5) is 0.805. The van der Waals surface area contributed by atoms with Gasteiger partial charge in [-0.2, -0.15) is 0 Å². The molecule has 0 spiro atoms. The Morgan fingerprint density at radius 1 is 1.00 bits per heavy atom. The van der Waals surface area contributed by atoms with Gasteiger partial charge in [-0.15, -0.1) is 12.6 Å². The number of hydrogen-bond acceptors (Lipinski definition) is 3. The first kappa shape index (κ1) is 10.8. The van der Waals surface area contributed by atoms with Gasteiger partial charge in [-0.1, -0.05) is 30.3 Å². The molecule has 2 nitrogen and oxygen atoms in total. The fourth-order valence-electron chi connectivity index (χ4n) is 1.60. The predicted octanol–water partition coefficient (Wildman–Crippen LogP) is 3.35. The fourth-order valence-corrected chi connectivity index (χ4v) is 1.88. The molecule has 0 aromatic heterocycles. The van der Waals surface area contributed by atoms with E-state index in [0.29, 0.717) is 11.1 Å². The third-order valence-corrected chi connectivity index (χ3v) is 2.81. The molecule has 3 heteroatoms. The minimum atomic E-state index is 0.124. The van der Waals surface area contributed by atoms with Crippen molar-refractivity contribution in [1.82, 2.24) is 0 Å². The van der Waals surface area contributed by atoms with Crippen LogP contribution >= 0.6 is 12.6 Å². The lowest BCUT2D eigenvalue weighted by atomic mass is 10.0. The van der Waals surface area contributed by atoms with Gasteiger partial charge >= 0.3 is 0 Å². The standard InChI is InChI=1S/C13H11NOS/c14-8-9-4-3-6-11(13(9)15)10-5-1-2-7-12(10)16/h1-8,14-16H. The second-order valence-corrected chi connectivity index (χ2v) is 3.89. The lowest BCUT2D eigenvalue weighted by molar-refractivity contribution is 0.476. The van der Waals surface area contributed by atoms with E-state index < -0.39 is 0 Å². The Morgan fingerprint density at radius 3 is 2.38 bits per heavy atom. The minimum absolute atomic E-state index is 0.124. The molecule has 0 heterocycles. The number of hydrogen-bond donors (Lipinski definition) is 3. The van der Waals surface area contributed by atoms with Crippen LogP contribution in [0.2, 0.25) is 0 Å². The summed E-state index contributed by atoms with van der Waals surface area (Å²) in [6.45, 7) is 0. The molecule has 2 aromatic rings. The van der Waals surface area contributed by atoms with Crippen LogP contribution in [0.1, 0.15) is 5.56 Å². The highest BCUT2D eigenvalue weighted by Gasteiger charge is 2.09. The Hall–Kier alpha value is -1.74. The topological polar surface area (TPSA) is 44.1 Å². The predicted molar refractivity (Wildman–Crippen MR) is 68.7 cm³/mol. The second-order valence-electron chi connectivity index (χ2n) is 3.40. The highest BCUT2D eigenvalue weighted by molar-refractivity contribution is 7.80. The zero-order chi connectivity index (χ0) is 11.5. The molecule has 0 saturated carbocycles. The zero-order valence-electron chi connectivity index (χ0n) is 8.51. The molecule has 16 heavy (non-hydrogen) atoms. The van der Waals surface area contributed by atoms with Crippen molar-refractivity contribution in [2.45, 2.75) is 4.90 Å². The highest BCUT2D eigenvalue weighted by Crippen LogP contribution is 2.34. The van der Waals surface area contributed by atoms with Crippen molar-refractivity contribution in [2.75, 3.05) is 0 Å². The van der Waals surface area contributed by atoms with Gasteiger partial charge in [0, 0.05) is 22.2 Å².